The van der Waals surface area contributed by atoms with Crippen LogP contribution in [-0.4, -0.2) is 53.9 Å². The summed E-state index contributed by atoms with van der Waals surface area (Å²) in [5, 5.41) is 17.8. The number of nitrogens with zero attached hydrogens (tertiary/aromatic N) is 2. The molecule has 36 heavy (non-hydrogen) atoms. The van der Waals surface area contributed by atoms with Gasteiger partial charge in [-0.3, -0.25) is 6.54 Å². The van der Waals surface area contributed by atoms with Gasteiger partial charge in [0.1, 0.15) is 5.75 Å². The normalized spacial score (nSPS) is 13.2. The Bertz CT molecular complexity index is 1030. The van der Waals surface area contributed by atoms with E-state index in [-0.39, 0.29) is 39.3 Å². The number of hydrogen-bond donors (Lipinski definition) is 2. The Balaban J connectivity index is 0.000000247. The zero-order valence-electron chi connectivity index (χ0n) is 21.1. The molecule has 4 rings (SSSR count). The Labute approximate surface area is 239 Å². The number of aliphatic hydroxyl groups excluding tert-OH is 1. The van der Waals surface area contributed by atoms with Crippen LogP contribution in [0.5, 0.6) is 5.75 Å². The molecule has 1 radical (unpaired) electrons. The fourth-order valence-corrected chi connectivity index (χ4v) is 3.79. The summed E-state index contributed by atoms with van der Waals surface area (Å²) in [6.07, 6.45) is 0.905. The van der Waals surface area contributed by atoms with Gasteiger partial charge in [0.2, 0.25) is 0 Å². The second kappa shape index (κ2) is 15.8. The molecule has 1 heterocycles. The van der Waals surface area contributed by atoms with Crippen molar-refractivity contribution in [1.82, 2.24) is 4.90 Å². The summed E-state index contributed by atoms with van der Waals surface area (Å²) in [7, 11) is 0. The van der Waals surface area contributed by atoms with Crippen LogP contribution >= 0.6 is 0 Å². The monoisotopic (exact) mass is 564 g/mol. The first-order valence-corrected chi connectivity index (χ1v) is 12.0. The second-order valence-electron chi connectivity index (χ2n) is 8.52. The first kappa shape index (κ1) is 30.0. The second-order valence-corrected chi connectivity index (χ2v) is 8.52. The molecule has 1 saturated heterocycles. The van der Waals surface area contributed by atoms with E-state index in [0.29, 0.717) is 12.2 Å². The molecule has 1 aliphatic heterocycles. The van der Waals surface area contributed by atoms with Crippen molar-refractivity contribution < 1.29 is 52.5 Å². The minimum Gasteiger partial charge on any atom is -0.493 e. The molecule has 3 aromatic carbocycles. The molecule has 0 bridgehead atoms. The van der Waals surface area contributed by atoms with Crippen molar-refractivity contribution in [2.75, 3.05) is 37.7 Å². The molecule has 1 fully saturated rings. The van der Waals surface area contributed by atoms with E-state index in [1.807, 2.05) is 36.4 Å². The van der Waals surface area contributed by atoms with Crippen molar-refractivity contribution in [3.63, 3.8) is 0 Å². The number of carboxylic acid groups (broad SMARTS) is 1. The Morgan fingerprint density at radius 3 is 2.00 bits per heavy atom. The molecule has 2 N–H and O–H groups in total. The SMILES string of the molecule is C[CH-]N1CCN(c2ccc(C(=O)O)cc2)CC1.Cc1ccc(CCOc2ccc(CO)cc2)cc1.[Y]. The van der Waals surface area contributed by atoms with Crippen LogP contribution in [0.1, 0.15) is 34.0 Å². The van der Waals surface area contributed by atoms with Gasteiger partial charge in [0.25, 0.3) is 0 Å². The van der Waals surface area contributed by atoms with E-state index in [1.165, 1.54) is 11.1 Å². The van der Waals surface area contributed by atoms with Crippen LogP contribution in [0, 0.1) is 13.5 Å². The molecule has 0 spiro atoms. The van der Waals surface area contributed by atoms with Crippen molar-refractivity contribution in [3.05, 3.63) is 102 Å². The maximum atomic E-state index is 10.7. The van der Waals surface area contributed by atoms with E-state index in [4.69, 9.17) is 14.9 Å². The minimum atomic E-state index is -0.873. The number of piperazine rings is 1. The quantitative estimate of drug-likeness (QED) is 0.384. The van der Waals surface area contributed by atoms with Gasteiger partial charge in [-0.25, -0.2) is 4.79 Å². The number of anilines is 1. The maximum Gasteiger partial charge on any atom is 0.335 e. The summed E-state index contributed by atoms with van der Waals surface area (Å²) in [4.78, 5) is 15.3. The van der Waals surface area contributed by atoms with Gasteiger partial charge in [-0.15, -0.1) is 0 Å². The fourth-order valence-electron chi connectivity index (χ4n) is 3.79. The number of rotatable bonds is 8. The number of aryl methyl sites for hydroxylation is 1. The summed E-state index contributed by atoms with van der Waals surface area (Å²) >= 11 is 0. The Kier molecular flexibility index (Phi) is 13.1. The van der Waals surface area contributed by atoms with Crippen molar-refractivity contribution in [2.24, 2.45) is 0 Å². The molecule has 189 valence electrons. The van der Waals surface area contributed by atoms with Crippen molar-refractivity contribution >= 4 is 11.7 Å². The van der Waals surface area contributed by atoms with Gasteiger partial charge in [-0.2, -0.15) is 6.92 Å². The van der Waals surface area contributed by atoms with Gasteiger partial charge in [-0.1, -0.05) is 42.0 Å². The fraction of sp³-hybridized carbons (Fsp3) is 0.310. The zero-order chi connectivity index (χ0) is 25.0. The number of benzene rings is 3. The molecule has 1 aliphatic rings. The van der Waals surface area contributed by atoms with E-state index >= 15 is 0 Å². The standard InChI is InChI=1S/C16H18O2.C13H17N2O2.Y/c1-13-2-4-14(5-3-13)10-11-18-16-8-6-15(12-17)7-9-16;1-2-14-7-9-15(10-8-14)12-5-3-11(4-6-12)13(16)17;/h2-9,17H,10-12H2,1H3;2-6H,7-10H2,1H3,(H,16,17);/q;-1;. The van der Waals surface area contributed by atoms with Crippen LogP contribution in [0.3, 0.4) is 0 Å². The molecule has 6 nitrogen and oxygen atoms in total. The van der Waals surface area contributed by atoms with E-state index in [9.17, 15) is 4.79 Å². The molecule has 0 saturated carbocycles. The van der Waals surface area contributed by atoms with Crippen LogP contribution in [0.15, 0.2) is 72.8 Å². The molecule has 0 aliphatic carbocycles. The molecule has 0 unspecified atom stereocenters. The van der Waals surface area contributed by atoms with Gasteiger partial charge >= 0.3 is 5.97 Å². The summed E-state index contributed by atoms with van der Waals surface area (Å²) in [6.45, 7) is 11.0. The number of hydrogen-bond acceptors (Lipinski definition) is 5. The minimum absolute atomic E-state index is 0. The first-order valence-electron chi connectivity index (χ1n) is 12.0. The van der Waals surface area contributed by atoms with Crippen LogP contribution in [0.4, 0.5) is 5.69 Å². The third-order valence-electron chi connectivity index (χ3n) is 6.04. The zero-order valence-corrected chi connectivity index (χ0v) is 24.0. The number of ether oxygens (including phenoxy) is 1. The Hall–Kier alpha value is -2.25. The average Bonchev–Trinajstić information content (AvgIpc) is 2.91. The number of carbonyl (C=O) groups is 1. The Morgan fingerprint density at radius 2 is 1.47 bits per heavy atom. The van der Waals surface area contributed by atoms with Crippen LogP contribution < -0.4 is 9.64 Å². The smallest absolute Gasteiger partial charge is 0.335 e. The summed E-state index contributed by atoms with van der Waals surface area (Å²) < 4.78 is 5.66. The third kappa shape index (κ3) is 9.66. The van der Waals surface area contributed by atoms with Gasteiger partial charge < -0.3 is 24.7 Å². The summed E-state index contributed by atoms with van der Waals surface area (Å²) in [6, 6.07) is 23.1. The van der Waals surface area contributed by atoms with E-state index < -0.39 is 5.97 Å². The topological polar surface area (TPSA) is 73.2 Å². The first-order chi connectivity index (χ1) is 17.0. The maximum absolute atomic E-state index is 10.7. The molecule has 3 aromatic rings. The van der Waals surface area contributed by atoms with E-state index in [2.05, 4.69) is 54.5 Å². The molecule has 0 amide bonds. The molecule has 0 aromatic heterocycles. The van der Waals surface area contributed by atoms with Crippen LogP contribution in [-0.2, 0) is 45.7 Å². The average molecular weight is 565 g/mol. The molecular formula is C29H35N2O4Y-. The predicted octanol–water partition coefficient (Wildman–Crippen LogP) is 4.79. The van der Waals surface area contributed by atoms with Gasteiger partial charge in [-0.05, 0) is 67.5 Å². The number of carboxylic acids is 1. The summed E-state index contributed by atoms with van der Waals surface area (Å²) in [5.41, 5.74) is 4.91. The van der Waals surface area contributed by atoms with Crippen LogP contribution in [0.2, 0.25) is 0 Å². The van der Waals surface area contributed by atoms with Gasteiger partial charge in [0.05, 0.1) is 18.8 Å². The third-order valence-corrected chi connectivity index (χ3v) is 6.04. The van der Waals surface area contributed by atoms with Gasteiger partial charge in [0, 0.05) is 57.9 Å². The van der Waals surface area contributed by atoms with E-state index in [0.717, 1.165) is 49.6 Å². The largest absolute Gasteiger partial charge is 0.493 e. The van der Waals surface area contributed by atoms with Crippen molar-refractivity contribution in [1.29, 1.82) is 0 Å². The molecule has 7 heteroatoms. The number of aromatic carboxylic acids is 1. The van der Waals surface area contributed by atoms with Crippen LogP contribution in [0.25, 0.3) is 0 Å². The summed E-state index contributed by atoms with van der Waals surface area (Å²) in [5.74, 6) is -0.0266. The Morgan fingerprint density at radius 1 is 0.889 bits per heavy atom. The van der Waals surface area contributed by atoms with Crippen molar-refractivity contribution in [2.45, 2.75) is 26.9 Å². The van der Waals surface area contributed by atoms with Gasteiger partial charge in [0.15, 0.2) is 0 Å². The molecular weight excluding hydrogens is 529 g/mol. The van der Waals surface area contributed by atoms with E-state index in [1.54, 1.807) is 12.1 Å². The number of aliphatic hydroxyl groups is 1. The van der Waals surface area contributed by atoms with Crippen molar-refractivity contribution in [3.8, 4) is 5.75 Å². The molecule has 0 atom stereocenters. The predicted molar refractivity (Wildman–Crippen MR) is 140 cm³/mol.